The maximum Gasteiger partial charge on any atom is 0.641 e. The number of hydrogen-bond acceptors (Lipinski definition) is 6. The second-order valence-corrected chi connectivity index (χ2v) is 3.01. The molecule has 7 heteroatoms. The van der Waals surface area contributed by atoms with Crippen LogP contribution in [0.5, 0.6) is 0 Å². The minimum absolute atomic E-state index is 0.0836. The number of hydrogen-bond donors (Lipinski definition) is 3. The lowest BCUT2D eigenvalue weighted by atomic mass is 10.1. The van der Waals surface area contributed by atoms with E-state index in [0.717, 1.165) is 0 Å². The summed E-state index contributed by atoms with van der Waals surface area (Å²) in [4.78, 5) is 0. The van der Waals surface area contributed by atoms with Crippen molar-refractivity contribution in [3.63, 3.8) is 0 Å². The van der Waals surface area contributed by atoms with Crippen LogP contribution in [0.25, 0.3) is 0 Å². The molecule has 68 valence electrons. The summed E-state index contributed by atoms with van der Waals surface area (Å²) < 4.78 is 14.3. The molecule has 0 saturated carbocycles. The molecule has 6 nitrogen and oxygen atoms in total. The highest BCUT2D eigenvalue weighted by Crippen LogP contribution is 2.43. The Morgan fingerprint density at radius 1 is 1.50 bits per heavy atom. The van der Waals surface area contributed by atoms with Gasteiger partial charge in [0.1, 0.15) is 6.10 Å². The van der Waals surface area contributed by atoms with Crippen LogP contribution in [0, 0.1) is 0 Å². The normalized spacial score (nSPS) is 53.0. The van der Waals surface area contributed by atoms with E-state index in [4.69, 9.17) is 14.4 Å². The lowest BCUT2D eigenvalue weighted by Crippen LogP contribution is -2.52. The SMILES string of the molecule is C[C@]12OC[C@H](O)C1(O)OB(O)O2. The predicted molar refractivity (Wildman–Crippen MR) is 35.5 cm³/mol. The average Bonchev–Trinajstić information content (AvgIpc) is 2.28. The number of aliphatic hydroxyl groups excluding tert-OH is 1. The minimum Gasteiger partial charge on any atom is -0.401 e. The number of aliphatic hydroxyl groups is 2. The van der Waals surface area contributed by atoms with Gasteiger partial charge in [0.15, 0.2) is 0 Å². The van der Waals surface area contributed by atoms with Crippen molar-refractivity contribution in [2.24, 2.45) is 0 Å². The van der Waals surface area contributed by atoms with E-state index in [1.165, 1.54) is 6.92 Å². The first-order valence-electron chi connectivity index (χ1n) is 3.56. The Morgan fingerprint density at radius 3 is 2.75 bits per heavy atom. The van der Waals surface area contributed by atoms with Crippen molar-refractivity contribution in [3.05, 3.63) is 0 Å². The summed E-state index contributed by atoms with van der Waals surface area (Å²) >= 11 is 0. The molecule has 0 aromatic carbocycles. The van der Waals surface area contributed by atoms with Crippen molar-refractivity contribution in [2.45, 2.75) is 24.6 Å². The van der Waals surface area contributed by atoms with Crippen LogP contribution in [0.15, 0.2) is 0 Å². The molecule has 0 aliphatic carbocycles. The average molecular weight is 176 g/mol. The molecule has 0 bridgehead atoms. The van der Waals surface area contributed by atoms with Crippen molar-refractivity contribution in [1.82, 2.24) is 0 Å². The summed E-state index contributed by atoms with van der Waals surface area (Å²) in [6.07, 6.45) is -1.21. The van der Waals surface area contributed by atoms with Gasteiger partial charge in [0.25, 0.3) is 0 Å². The summed E-state index contributed by atoms with van der Waals surface area (Å²) in [5, 5.41) is 27.8. The summed E-state index contributed by atoms with van der Waals surface area (Å²) in [5.74, 6) is -3.45. The molecule has 0 aromatic rings. The minimum atomic E-state index is -1.97. The van der Waals surface area contributed by atoms with E-state index in [0.29, 0.717) is 0 Å². The van der Waals surface area contributed by atoms with E-state index in [2.05, 4.69) is 4.65 Å². The van der Waals surface area contributed by atoms with E-state index in [1.54, 1.807) is 0 Å². The van der Waals surface area contributed by atoms with Crippen LogP contribution in [-0.2, 0) is 14.0 Å². The molecule has 0 aromatic heterocycles. The quantitative estimate of drug-likeness (QED) is 0.363. The van der Waals surface area contributed by atoms with E-state index >= 15 is 0 Å². The Bertz CT molecular complexity index is 212. The van der Waals surface area contributed by atoms with E-state index in [-0.39, 0.29) is 6.61 Å². The van der Waals surface area contributed by atoms with Crippen molar-refractivity contribution in [3.8, 4) is 0 Å². The Labute approximate surface area is 68.8 Å². The molecule has 2 fully saturated rings. The van der Waals surface area contributed by atoms with Crippen LogP contribution < -0.4 is 0 Å². The highest BCUT2D eigenvalue weighted by Gasteiger charge is 2.68. The Balaban J connectivity index is 2.32. The first-order valence-corrected chi connectivity index (χ1v) is 3.56. The maximum atomic E-state index is 9.65. The molecule has 3 atom stereocenters. The van der Waals surface area contributed by atoms with Gasteiger partial charge in [-0.05, 0) is 6.92 Å². The smallest absolute Gasteiger partial charge is 0.401 e. The fraction of sp³-hybridized carbons (Fsp3) is 1.00. The molecule has 2 saturated heterocycles. The van der Waals surface area contributed by atoms with Crippen molar-refractivity contribution in [1.29, 1.82) is 0 Å². The largest absolute Gasteiger partial charge is 0.641 e. The molecular weight excluding hydrogens is 167 g/mol. The fourth-order valence-electron chi connectivity index (χ4n) is 1.43. The maximum absolute atomic E-state index is 9.65. The highest BCUT2D eigenvalue weighted by atomic mass is 16.9. The van der Waals surface area contributed by atoms with Gasteiger partial charge in [-0.15, -0.1) is 0 Å². The fourth-order valence-corrected chi connectivity index (χ4v) is 1.43. The molecule has 0 radical (unpaired) electrons. The summed E-state index contributed by atoms with van der Waals surface area (Å²) in [6.45, 7) is 1.30. The van der Waals surface area contributed by atoms with E-state index < -0.39 is 25.0 Å². The Hall–Kier alpha value is -0.175. The summed E-state index contributed by atoms with van der Waals surface area (Å²) in [6, 6.07) is 0. The lowest BCUT2D eigenvalue weighted by Gasteiger charge is -2.29. The first-order chi connectivity index (χ1) is 5.48. The molecule has 2 heterocycles. The van der Waals surface area contributed by atoms with Gasteiger partial charge >= 0.3 is 7.32 Å². The van der Waals surface area contributed by atoms with Gasteiger partial charge in [0.2, 0.25) is 11.6 Å². The van der Waals surface area contributed by atoms with Gasteiger partial charge in [-0.3, -0.25) is 0 Å². The van der Waals surface area contributed by atoms with Crippen molar-refractivity contribution >= 4 is 7.32 Å². The molecule has 3 N–H and O–H groups in total. The van der Waals surface area contributed by atoms with Crippen LogP contribution >= 0.6 is 0 Å². The second-order valence-electron chi connectivity index (χ2n) is 3.01. The van der Waals surface area contributed by atoms with E-state index in [9.17, 15) is 10.2 Å². The Morgan fingerprint density at radius 2 is 2.17 bits per heavy atom. The van der Waals surface area contributed by atoms with Gasteiger partial charge in [0.05, 0.1) is 6.61 Å². The van der Waals surface area contributed by atoms with Crippen LogP contribution in [-0.4, -0.2) is 46.8 Å². The zero-order valence-electron chi connectivity index (χ0n) is 6.43. The third-order valence-electron chi connectivity index (χ3n) is 2.23. The van der Waals surface area contributed by atoms with E-state index in [1.807, 2.05) is 0 Å². The molecule has 1 unspecified atom stereocenters. The number of ether oxygens (including phenoxy) is 1. The standard InChI is InChI=1S/C5H9BO6/c1-4-5(8,3(7)2-10-4)12-6(9)11-4/h3,7-9H,2H2,1H3/t3-,4+,5?/m0/s1. The molecule has 12 heavy (non-hydrogen) atoms. The molecule has 0 spiro atoms. The first kappa shape index (κ1) is 8.42. The van der Waals surface area contributed by atoms with Gasteiger partial charge in [0, 0.05) is 0 Å². The topological polar surface area (TPSA) is 88.4 Å². The van der Waals surface area contributed by atoms with Gasteiger partial charge in [-0.25, -0.2) is 0 Å². The highest BCUT2D eigenvalue weighted by molar-refractivity contribution is 6.35. The third kappa shape index (κ3) is 0.805. The molecule has 0 amide bonds. The zero-order chi connectivity index (χ0) is 8.98. The van der Waals surface area contributed by atoms with Crippen LogP contribution in [0.1, 0.15) is 6.92 Å². The van der Waals surface area contributed by atoms with Crippen molar-refractivity contribution in [2.75, 3.05) is 6.61 Å². The van der Waals surface area contributed by atoms with Crippen LogP contribution in [0.4, 0.5) is 0 Å². The number of rotatable bonds is 0. The zero-order valence-corrected chi connectivity index (χ0v) is 6.43. The lowest BCUT2D eigenvalue weighted by molar-refractivity contribution is -0.271. The van der Waals surface area contributed by atoms with Crippen LogP contribution in [0.2, 0.25) is 0 Å². The van der Waals surface area contributed by atoms with Gasteiger partial charge < -0.3 is 29.3 Å². The molecule has 2 aliphatic rings. The Kier molecular flexibility index (Phi) is 1.54. The summed E-state index contributed by atoms with van der Waals surface area (Å²) in [7, 11) is -1.56. The number of fused-ring (bicyclic) bond motifs is 1. The summed E-state index contributed by atoms with van der Waals surface area (Å²) in [5.41, 5.74) is 0. The van der Waals surface area contributed by atoms with Crippen molar-refractivity contribution < 1.29 is 29.3 Å². The van der Waals surface area contributed by atoms with Crippen LogP contribution in [0.3, 0.4) is 0 Å². The van der Waals surface area contributed by atoms with Gasteiger partial charge in [-0.1, -0.05) is 0 Å². The monoisotopic (exact) mass is 176 g/mol. The third-order valence-corrected chi connectivity index (χ3v) is 2.23. The predicted octanol–water partition coefficient (Wildman–Crippen LogP) is -2.19. The van der Waals surface area contributed by atoms with Gasteiger partial charge in [-0.2, -0.15) is 0 Å². The molecular formula is C5H9BO6. The molecule has 2 rings (SSSR count). The second kappa shape index (κ2) is 2.19. The molecule has 2 aliphatic heterocycles.